The number of aromatic nitrogens is 2. The number of hydrogen-bond acceptors (Lipinski definition) is 12. The van der Waals surface area contributed by atoms with Gasteiger partial charge in [0, 0.05) is 55.2 Å². The molecule has 4 aromatic carbocycles. The van der Waals surface area contributed by atoms with Crippen LogP contribution in [-0.4, -0.2) is 141 Å². The Balaban J connectivity index is 1.20. The van der Waals surface area contributed by atoms with E-state index in [0.717, 1.165) is 0 Å². The Morgan fingerprint density at radius 1 is 0.625 bits per heavy atom. The number of nitrogens with zero attached hydrogens (tertiary/aromatic N) is 2. The SMILES string of the molecule is CC[C@H](C)[C@H](NC(=O)[C@H](Cc1ccc(O)cc1)NC(=O)[C@@H](NC(=O)[C@H](Cc1ccc(C(=O)c2ccccc2)cc1)NC(=O)CNC)C(C)C)C(=O)N[C@@H](Cc1cnc[nH]1)C(=O)N1CCC[C@H]1C(=O)N[C@@H](Cc1ccccc1)C(=O)O. The minimum absolute atomic E-state index is 0.00943. The molecule has 1 aliphatic rings. The number of carbonyl (C=O) groups excluding carboxylic acids is 8. The van der Waals surface area contributed by atoms with Crippen molar-refractivity contribution < 1.29 is 53.4 Å². The summed E-state index contributed by atoms with van der Waals surface area (Å²) in [6.07, 6.45) is 3.70. The van der Waals surface area contributed by atoms with Crippen molar-refractivity contribution >= 4 is 53.1 Å². The van der Waals surface area contributed by atoms with E-state index in [4.69, 9.17) is 0 Å². The Hall–Kier alpha value is -8.72. The molecule has 0 saturated carbocycles. The van der Waals surface area contributed by atoms with Crippen molar-refractivity contribution in [2.75, 3.05) is 20.1 Å². The predicted octanol–water partition coefficient (Wildman–Crippen LogP) is 2.52. The van der Waals surface area contributed by atoms with E-state index in [1.165, 1.54) is 29.6 Å². The summed E-state index contributed by atoms with van der Waals surface area (Å²) in [5.41, 5.74) is 3.22. The number of H-pyrrole nitrogens is 1. The number of phenols is 1. The molecule has 424 valence electrons. The Labute approximate surface area is 464 Å². The van der Waals surface area contributed by atoms with Crippen molar-refractivity contribution in [3.8, 4) is 5.75 Å². The van der Waals surface area contributed by atoms with Gasteiger partial charge in [0.15, 0.2) is 5.78 Å². The number of phenolic OH excluding ortho intramolecular Hbond substituents is 1. The Morgan fingerprint density at radius 2 is 1.16 bits per heavy atom. The zero-order valence-electron chi connectivity index (χ0n) is 45.6. The zero-order chi connectivity index (χ0) is 57.9. The van der Waals surface area contributed by atoms with E-state index in [0.29, 0.717) is 46.4 Å². The average molecular weight is 1100 g/mol. The number of amides is 7. The highest BCUT2D eigenvalue weighted by atomic mass is 16.4. The van der Waals surface area contributed by atoms with Gasteiger partial charge in [-0.05, 0) is 60.5 Å². The zero-order valence-corrected chi connectivity index (χ0v) is 45.6. The van der Waals surface area contributed by atoms with E-state index < -0.39 is 101 Å². The van der Waals surface area contributed by atoms with E-state index in [1.807, 2.05) is 13.0 Å². The molecule has 6 rings (SSSR count). The third-order valence-electron chi connectivity index (χ3n) is 14.1. The molecular weight excluding hydrogens is 1020 g/mol. The van der Waals surface area contributed by atoms with Gasteiger partial charge in [-0.15, -0.1) is 0 Å². The fraction of sp³-hybridized carbons (Fsp3) is 0.390. The van der Waals surface area contributed by atoms with Gasteiger partial charge < -0.3 is 57.3 Å². The predicted molar refractivity (Wildman–Crippen MR) is 296 cm³/mol. The smallest absolute Gasteiger partial charge is 0.326 e. The van der Waals surface area contributed by atoms with Gasteiger partial charge >= 0.3 is 5.97 Å². The van der Waals surface area contributed by atoms with Crippen LogP contribution in [0, 0.1) is 11.8 Å². The van der Waals surface area contributed by atoms with Crippen LogP contribution in [0.2, 0.25) is 0 Å². The summed E-state index contributed by atoms with van der Waals surface area (Å²) >= 11 is 0. The number of likely N-dealkylation sites (tertiary alicyclic amines) is 1. The number of benzene rings is 4. The lowest BCUT2D eigenvalue weighted by Gasteiger charge is -2.32. The van der Waals surface area contributed by atoms with Crippen LogP contribution in [0.5, 0.6) is 5.75 Å². The van der Waals surface area contributed by atoms with E-state index in [-0.39, 0.29) is 56.7 Å². The number of hydrogen-bond donors (Lipinski definition) is 10. The molecule has 0 bridgehead atoms. The number of carboxylic acid groups (broad SMARTS) is 1. The maximum Gasteiger partial charge on any atom is 0.326 e. The molecule has 0 unspecified atom stereocenters. The molecule has 0 spiro atoms. The highest BCUT2D eigenvalue weighted by Gasteiger charge is 2.41. The fourth-order valence-corrected chi connectivity index (χ4v) is 9.38. The van der Waals surface area contributed by atoms with Crippen LogP contribution >= 0.6 is 0 Å². The Kier molecular flexibility index (Phi) is 22.2. The van der Waals surface area contributed by atoms with Crippen molar-refractivity contribution in [3.05, 3.63) is 155 Å². The van der Waals surface area contributed by atoms with Gasteiger partial charge in [0.1, 0.15) is 48.0 Å². The first kappa shape index (κ1) is 60.5. The minimum Gasteiger partial charge on any atom is -0.508 e. The van der Waals surface area contributed by atoms with Gasteiger partial charge in [-0.3, -0.25) is 38.4 Å². The van der Waals surface area contributed by atoms with Crippen molar-refractivity contribution in [3.63, 3.8) is 0 Å². The summed E-state index contributed by atoms with van der Waals surface area (Å²) in [5, 5.41) is 39.4. The first-order valence-corrected chi connectivity index (χ1v) is 26.8. The van der Waals surface area contributed by atoms with Crippen LogP contribution in [0.4, 0.5) is 0 Å². The first-order chi connectivity index (χ1) is 38.3. The molecule has 8 atom stereocenters. The van der Waals surface area contributed by atoms with Gasteiger partial charge in [0.05, 0.1) is 12.9 Å². The Morgan fingerprint density at radius 3 is 1.74 bits per heavy atom. The van der Waals surface area contributed by atoms with Gasteiger partial charge in [-0.1, -0.05) is 131 Å². The van der Waals surface area contributed by atoms with Crippen molar-refractivity contribution in [2.45, 2.75) is 115 Å². The molecule has 0 aliphatic carbocycles. The van der Waals surface area contributed by atoms with Crippen LogP contribution in [0.1, 0.15) is 85.3 Å². The van der Waals surface area contributed by atoms with Crippen LogP contribution in [0.25, 0.3) is 0 Å². The van der Waals surface area contributed by atoms with E-state index in [9.17, 15) is 53.4 Å². The number of aromatic amines is 1. The Bertz CT molecular complexity index is 2910. The highest BCUT2D eigenvalue weighted by Crippen LogP contribution is 2.22. The topological polar surface area (TPSA) is 310 Å². The summed E-state index contributed by atoms with van der Waals surface area (Å²) < 4.78 is 0. The van der Waals surface area contributed by atoms with Crippen molar-refractivity contribution in [1.82, 2.24) is 52.1 Å². The molecule has 1 saturated heterocycles. The lowest BCUT2D eigenvalue weighted by atomic mass is 9.96. The molecule has 1 fully saturated rings. The lowest BCUT2D eigenvalue weighted by molar-refractivity contribution is -0.145. The quantitative estimate of drug-likeness (QED) is 0.0323. The average Bonchev–Trinajstić information content (AvgIpc) is 4.17. The van der Waals surface area contributed by atoms with Gasteiger partial charge in [-0.2, -0.15) is 0 Å². The summed E-state index contributed by atoms with van der Waals surface area (Å²) in [6.45, 7) is 6.95. The molecular formula is C59H72N10O11. The fourth-order valence-electron chi connectivity index (χ4n) is 9.38. The monoisotopic (exact) mass is 1100 g/mol. The number of rotatable bonds is 28. The van der Waals surface area contributed by atoms with E-state index in [2.05, 4.69) is 47.2 Å². The molecule has 5 aromatic rings. The summed E-state index contributed by atoms with van der Waals surface area (Å²) in [5.74, 6) is -7.36. The summed E-state index contributed by atoms with van der Waals surface area (Å²) in [4.78, 5) is 133. The molecule has 1 aromatic heterocycles. The molecule has 0 radical (unpaired) electrons. The number of aromatic hydroxyl groups is 1. The number of carbonyl (C=O) groups is 9. The minimum atomic E-state index is -1.38. The van der Waals surface area contributed by atoms with Crippen LogP contribution in [-0.2, 0) is 64.0 Å². The van der Waals surface area contributed by atoms with Gasteiger partial charge in [0.2, 0.25) is 41.4 Å². The van der Waals surface area contributed by atoms with Crippen LogP contribution < -0.4 is 37.2 Å². The molecule has 21 heteroatoms. The van der Waals surface area contributed by atoms with Crippen molar-refractivity contribution in [2.24, 2.45) is 11.8 Å². The molecule has 21 nitrogen and oxygen atoms in total. The number of likely N-dealkylation sites (N-methyl/N-ethyl adjacent to an activating group) is 1. The second kappa shape index (κ2) is 29.3. The largest absolute Gasteiger partial charge is 0.508 e. The normalized spacial score (nSPS) is 15.7. The highest BCUT2D eigenvalue weighted by molar-refractivity contribution is 6.09. The second-order valence-corrected chi connectivity index (χ2v) is 20.4. The van der Waals surface area contributed by atoms with Crippen LogP contribution in [0.3, 0.4) is 0 Å². The summed E-state index contributed by atoms with van der Waals surface area (Å²) in [7, 11) is 1.57. The lowest BCUT2D eigenvalue weighted by Crippen LogP contribution is -2.62. The second-order valence-electron chi connectivity index (χ2n) is 20.4. The number of aliphatic carboxylic acids is 1. The van der Waals surface area contributed by atoms with Gasteiger partial charge in [-0.25, -0.2) is 9.78 Å². The van der Waals surface area contributed by atoms with E-state index in [1.54, 1.807) is 119 Å². The third-order valence-corrected chi connectivity index (χ3v) is 14.1. The summed E-state index contributed by atoms with van der Waals surface area (Å²) in [6, 6.07) is 21.4. The maximum absolute atomic E-state index is 14.7. The molecule has 10 N–H and O–H groups in total. The number of imidazole rings is 1. The first-order valence-electron chi connectivity index (χ1n) is 26.8. The van der Waals surface area contributed by atoms with Crippen molar-refractivity contribution in [1.29, 1.82) is 0 Å². The number of ketones is 1. The standard InChI is InChI=1S/C59H72N10O11/c1-6-36(4)51(57(77)65-46(31-42-32-61-34-62-42)58(78)69-27-13-18-48(69)55(75)66-47(59(79)80)30-37-14-9-7-10-15-37)68-54(74)45(29-39-21-25-43(70)26-22-39)64-56(76)50(35(2)3)67-53(73)44(63-49(71)33-60-5)28-38-19-23-41(24-20-38)52(72)40-16-11-8-12-17-40/h7-12,14-17,19-26,32,34-36,44-48,50-51,60,70H,6,13,18,27-31,33H2,1-5H3,(H,61,62)(H,63,71)(H,64,76)(H,65,77)(H,66,75)(H,67,73)(H,68,74)(H,79,80)/t36-,44-,45-,46-,47-,48-,50-,51-/m0/s1. The third kappa shape index (κ3) is 17.1. The van der Waals surface area contributed by atoms with Crippen LogP contribution in [0.15, 0.2) is 122 Å². The number of carboxylic acids is 1. The maximum atomic E-state index is 14.7. The molecule has 2 heterocycles. The van der Waals surface area contributed by atoms with Gasteiger partial charge in [0.25, 0.3) is 0 Å². The molecule has 1 aliphatic heterocycles. The molecule has 7 amide bonds. The number of nitrogens with one attached hydrogen (secondary N) is 8. The molecule has 80 heavy (non-hydrogen) atoms. The van der Waals surface area contributed by atoms with E-state index >= 15 is 0 Å².